The minimum absolute atomic E-state index is 0.285. The molecule has 0 radical (unpaired) electrons. The van der Waals surface area contributed by atoms with E-state index in [4.69, 9.17) is 5.73 Å². The van der Waals surface area contributed by atoms with E-state index in [1.807, 2.05) is 19.1 Å². The molecule has 1 amide bonds. The second kappa shape index (κ2) is 6.33. The third-order valence-electron chi connectivity index (χ3n) is 2.91. The number of hydrogen-bond donors (Lipinski definition) is 3. The largest absolute Gasteiger partial charge is 0.480 e. The SMILES string of the molecule is Cc1ccc(C(N)C(NC(=O)C(C)C)C(=O)O)cc1. The Bertz CT molecular complexity index is 454. The van der Waals surface area contributed by atoms with E-state index in [1.165, 1.54) is 0 Å². The molecule has 0 aliphatic heterocycles. The van der Waals surface area contributed by atoms with Crippen molar-refractivity contribution in [2.75, 3.05) is 0 Å². The summed E-state index contributed by atoms with van der Waals surface area (Å²) < 4.78 is 0. The van der Waals surface area contributed by atoms with Crippen molar-refractivity contribution in [3.05, 3.63) is 35.4 Å². The Morgan fingerprint density at radius 1 is 1.21 bits per heavy atom. The van der Waals surface area contributed by atoms with Gasteiger partial charge in [-0.25, -0.2) is 4.79 Å². The lowest BCUT2D eigenvalue weighted by atomic mass is 9.98. The lowest BCUT2D eigenvalue weighted by Crippen LogP contribution is -2.49. The van der Waals surface area contributed by atoms with Gasteiger partial charge in [0.05, 0.1) is 6.04 Å². The minimum Gasteiger partial charge on any atom is -0.480 e. The molecular formula is C14H20N2O3. The van der Waals surface area contributed by atoms with Crippen LogP contribution in [0.1, 0.15) is 31.0 Å². The first-order valence-electron chi connectivity index (χ1n) is 6.18. The van der Waals surface area contributed by atoms with Crippen molar-refractivity contribution in [1.82, 2.24) is 5.32 Å². The maximum Gasteiger partial charge on any atom is 0.328 e. The number of carbonyl (C=O) groups excluding carboxylic acids is 1. The van der Waals surface area contributed by atoms with Crippen molar-refractivity contribution >= 4 is 11.9 Å². The van der Waals surface area contributed by atoms with E-state index < -0.39 is 18.1 Å². The topological polar surface area (TPSA) is 92.4 Å². The molecule has 0 aliphatic rings. The number of nitrogens with one attached hydrogen (secondary N) is 1. The van der Waals surface area contributed by atoms with Crippen LogP contribution in [0, 0.1) is 12.8 Å². The number of hydrogen-bond acceptors (Lipinski definition) is 3. The van der Waals surface area contributed by atoms with Gasteiger partial charge in [0, 0.05) is 5.92 Å². The van der Waals surface area contributed by atoms with Crippen LogP contribution in [0.3, 0.4) is 0 Å². The van der Waals surface area contributed by atoms with E-state index >= 15 is 0 Å². The smallest absolute Gasteiger partial charge is 0.328 e. The second-order valence-electron chi connectivity index (χ2n) is 4.92. The monoisotopic (exact) mass is 264 g/mol. The Kier molecular flexibility index (Phi) is 5.06. The third-order valence-corrected chi connectivity index (χ3v) is 2.91. The maximum absolute atomic E-state index is 11.6. The molecule has 0 fully saturated rings. The van der Waals surface area contributed by atoms with Gasteiger partial charge in [0.15, 0.2) is 0 Å². The van der Waals surface area contributed by atoms with Crippen LogP contribution in [-0.2, 0) is 9.59 Å². The Morgan fingerprint density at radius 2 is 1.74 bits per heavy atom. The number of carboxylic acid groups (broad SMARTS) is 1. The lowest BCUT2D eigenvalue weighted by Gasteiger charge is -2.22. The van der Waals surface area contributed by atoms with Crippen LogP contribution in [-0.4, -0.2) is 23.0 Å². The summed E-state index contributed by atoms with van der Waals surface area (Å²) in [7, 11) is 0. The normalized spacial score (nSPS) is 13.9. The summed E-state index contributed by atoms with van der Waals surface area (Å²) >= 11 is 0. The van der Waals surface area contributed by atoms with Crippen LogP contribution < -0.4 is 11.1 Å². The van der Waals surface area contributed by atoms with E-state index in [0.717, 1.165) is 5.56 Å². The molecule has 4 N–H and O–H groups in total. The first-order valence-corrected chi connectivity index (χ1v) is 6.18. The molecule has 1 rings (SSSR count). The average Bonchev–Trinajstić information content (AvgIpc) is 2.35. The fourth-order valence-corrected chi connectivity index (χ4v) is 1.61. The van der Waals surface area contributed by atoms with E-state index in [0.29, 0.717) is 5.56 Å². The van der Waals surface area contributed by atoms with Gasteiger partial charge >= 0.3 is 5.97 Å². The number of benzene rings is 1. The Labute approximate surface area is 112 Å². The predicted molar refractivity (Wildman–Crippen MR) is 72.5 cm³/mol. The molecule has 0 heterocycles. The quantitative estimate of drug-likeness (QED) is 0.745. The van der Waals surface area contributed by atoms with Gasteiger partial charge in [0.2, 0.25) is 5.91 Å². The third kappa shape index (κ3) is 4.06. The number of amides is 1. The van der Waals surface area contributed by atoms with E-state index in [2.05, 4.69) is 5.32 Å². The lowest BCUT2D eigenvalue weighted by molar-refractivity contribution is -0.143. The van der Waals surface area contributed by atoms with Gasteiger partial charge in [-0.2, -0.15) is 0 Å². The second-order valence-corrected chi connectivity index (χ2v) is 4.92. The van der Waals surface area contributed by atoms with Gasteiger partial charge in [-0.3, -0.25) is 4.79 Å². The minimum atomic E-state index is -1.14. The van der Waals surface area contributed by atoms with Crippen molar-refractivity contribution in [3.63, 3.8) is 0 Å². The molecule has 0 spiro atoms. The molecule has 5 heteroatoms. The molecule has 0 aromatic heterocycles. The van der Waals surface area contributed by atoms with Crippen molar-refractivity contribution in [2.45, 2.75) is 32.9 Å². The number of carbonyl (C=O) groups is 2. The van der Waals surface area contributed by atoms with Gasteiger partial charge in [-0.05, 0) is 12.5 Å². The van der Waals surface area contributed by atoms with E-state index in [-0.39, 0.29) is 11.8 Å². The first-order chi connectivity index (χ1) is 8.82. The number of nitrogens with two attached hydrogens (primary N) is 1. The van der Waals surface area contributed by atoms with Crippen LogP contribution in [0.25, 0.3) is 0 Å². The van der Waals surface area contributed by atoms with Gasteiger partial charge in [-0.15, -0.1) is 0 Å². The summed E-state index contributed by atoms with van der Waals surface area (Å²) in [5.74, 6) is -1.75. The molecule has 0 saturated heterocycles. The molecule has 104 valence electrons. The average molecular weight is 264 g/mol. The summed E-state index contributed by atoms with van der Waals surface area (Å²) in [6.07, 6.45) is 0. The molecule has 19 heavy (non-hydrogen) atoms. The molecule has 0 aliphatic carbocycles. The molecular weight excluding hydrogens is 244 g/mol. The summed E-state index contributed by atoms with van der Waals surface area (Å²) in [5.41, 5.74) is 7.69. The molecule has 2 atom stereocenters. The number of carboxylic acids is 1. The Balaban J connectivity index is 2.90. The summed E-state index contributed by atoms with van der Waals surface area (Å²) in [5, 5.41) is 11.7. The highest BCUT2D eigenvalue weighted by Crippen LogP contribution is 2.16. The highest BCUT2D eigenvalue weighted by molar-refractivity contribution is 5.85. The van der Waals surface area contributed by atoms with Crippen LogP contribution in [0.4, 0.5) is 0 Å². The van der Waals surface area contributed by atoms with Crippen molar-refractivity contribution < 1.29 is 14.7 Å². The molecule has 2 unspecified atom stereocenters. The van der Waals surface area contributed by atoms with Gasteiger partial charge in [0.1, 0.15) is 6.04 Å². The number of aryl methyl sites for hydroxylation is 1. The Hall–Kier alpha value is -1.88. The number of aliphatic carboxylic acids is 1. The van der Waals surface area contributed by atoms with Crippen molar-refractivity contribution in [1.29, 1.82) is 0 Å². The summed E-state index contributed by atoms with van der Waals surface area (Å²) in [6, 6.07) is 5.37. The highest BCUT2D eigenvalue weighted by Gasteiger charge is 2.28. The highest BCUT2D eigenvalue weighted by atomic mass is 16.4. The van der Waals surface area contributed by atoms with E-state index in [9.17, 15) is 14.7 Å². The zero-order chi connectivity index (χ0) is 14.6. The standard InChI is InChI=1S/C14H20N2O3/c1-8(2)13(17)16-12(14(18)19)11(15)10-6-4-9(3)5-7-10/h4-8,11-12H,15H2,1-3H3,(H,16,17)(H,18,19). The maximum atomic E-state index is 11.6. The summed E-state index contributed by atoms with van der Waals surface area (Å²) in [6.45, 7) is 5.34. The van der Waals surface area contributed by atoms with Gasteiger partial charge in [-0.1, -0.05) is 43.7 Å². The van der Waals surface area contributed by atoms with Gasteiger partial charge < -0.3 is 16.2 Å². The fourth-order valence-electron chi connectivity index (χ4n) is 1.61. The molecule has 0 bridgehead atoms. The van der Waals surface area contributed by atoms with E-state index in [1.54, 1.807) is 26.0 Å². The predicted octanol–water partition coefficient (Wildman–Crippen LogP) is 1.22. The fraction of sp³-hybridized carbons (Fsp3) is 0.429. The zero-order valence-corrected chi connectivity index (χ0v) is 11.4. The van der Waals surface area contributed by atoms with Crippen LogP contribution in [0.2, 0.25) is 0 Å². The van der Waals surface area contributed by atoms with Crippen LogP contribution in [0.5, 0.6) is 0 Å². The van der Waals surface area contributed by atoms with Gasteiger partial charge in [0.25, 0.3) is 0 Å². The van der Waals surface area contributed by atoms with Crippen LogP contribution in [0.15, 0.2) is 24.3 Å². The molecule has 0 saturated carbocycles. The molecule has 5 nitrogen and oxygen atoms in total. The molecule has 1 aromatic rings. The zero-order valence-electron chi connectivity index (χ0n) is 11.4. The summed E-state index contributed by atoms with van der Waals surface area (Å²) in [4.78, 5) is 22.9. The van der Waals surface area contributed by atoms with Crippen molar-refractivity contribution in [2.24, 2.45) is 11.7 Å². The van der Waals surface area contributed by atoms with Crippen LogP contribution >= 0.6 is 0 Å². The number of rotatable bonds is 5. The van der Waals surface area contributed by atoms with Crippen molar-refractivity contribution in [3.8, 4) is 0 Å². The Morgan fingerprint density at radius 3 is 2.16 bits per heavy atom. The molecule has 1 aromatic carbocycles. The first kappa shape index (κ1) is 15.2.